The molecule has 0 atom stereocenters. The topological polar surface area (TPSA) is 78.6 Å². The molecule has 0 unspecified atom stereocenters. The van der Waals surface area contributed by atoms with Crippen molar-refractivity contribution in [1.82, 2.24) is 0 Å². The molecule has 3 rings (SSSR count). The summed E-state index contributed by atoms with van der Waals surface area (Å²) in [6, 6.07) is 9.69. The van der Waals surface area contributed by atoms with Gasteiger partial charge < -0.3 is 15.2 Å². The van der Waals surface area contributed by atoms with E-state index in [-0.39, 0.29) is 18.1 Å². The average molecular weight is 364 g/mol. The van der Waals surface area contributed by atoms with Gasteiger partial charge in [0, 0.05) is 21.7 Å². The molecular weight excluding hydrogens is 353 g/mol. The Morgan fingerprint density at radius 3 is 2.58 bits per heavy atom. The lowest BCUT2D eigenvalue weighted by atomic mass is 10.1. The number of allylic oxidation sites excluding steroid dienone is 1. The molecule has 0 saturated carbocycles. The van der Waals surface area contributed by atoms with Crippen LogP contribution >= 0.6 is 23.2 Å². The van der Waals surface area contributed by atoms with Crippen molar-refractivity contribution in [2.24, 2.45) is 5.73 Å². The number of halogens is 2. The fraction of sp³-hybridized carbons (Fsp3) is 0.0588. The van der Waals surface area contributed by atoms with E-state index in [1.807, 2.05) is 0 Å². The van der Waals surface area contributed by atoms with Gasteiger partial charge in [-0.1, -0.05) is 29.3 Å². The number of hydrogen-bond donors (Lipinski definition) is 1. The van der Waals surface area contributed by atoms with Crippen LogP contribution in [0.25, 0.3) is 6.08 Å². The Balaban J connectivity index is 1.90. The number of ether oxygens (including phenoxy) is 2. The van der Waals surface area contributed by atoms with Crippen molar-refractivity contribution in [2.75, 3.05) is 6.61 Å². The average Bonchev–Trinajstić information content (AvgIpc) is 2.85. The maximum absolute atomic E-state index is 12.4. The second-order valence-corrected chi connectivity index (χ2v) is 5.80. The van der Waals surface area contributed by atoms with Crippen LogP contribution in [0.2, 0.25) is 10.0 Å². The summed E-state index contributed by atoms with van der Waals surface area (Å²) in [5.74, 6) is -0.0790. The second kappa shape index (κ2) is 6.55. The number of nitrogens with two attached hydrogens (primary N) is 1. The van der Waals surface area contributed by atoms with E-state index in [4.69, 9.17) is 38.4 Å². The summed E-state index contributed by atoms with van der Waals surface area (Å²) in [6.07, 6.45) is 1.50. The van der Waals surface area contributed by atoms with Crippen molar-refractivity contribution in [1.29, 1.82) is 0 Å². The third kappa shape index (κ3) is 3.22. The molecule has 1 aliphatic rings. The molecule has 5 nitrogen and oxygen atoms in total. The molecule has 1 amide bonds. The van der Waals surface area contributed by atoms with Gasteiger partial charge in [0.15, 0.2) is 12.4 Å². The molecule has 2 aromatic carbocycles. The Bertz CT molecular complexity index is 857. The molecular formula is C17H11Cl2NO4. The van der Waals surface area contributed by atoms with Crippen LogP contribution in [0.3, 0.4) is 0 Å². The lowest BCUT2D eigenvalue weighted by Gasteiger charge is -2.05. The summed E-state index contributed by atoms with van der Waals surface area (Å²) in [7, 11) is 0. The van der Waals surface area contributed by atoms with Crippen LogP contribution in [0.5, 0.6) is 11.5 Å². The van der Waals surface area contributed by atoms with E-state index in [2.05, 4.69) is 0 Å². The molecule has 2 N–H and O–H groups in total. The van der Waals surface area contributed by atoms with Gasteiger partial charge in [0.25, 0.3) is 5.91 Å². The molecule has 2 aromatic rings. The number of ketones is 1. The predicted octanol–water partition coefficient (Wildman–Crippen LogP) is 3.47. The summed E-state index contributed by atoms with van der Waals surface area (Å²) in [5.41, 5.74) is 5.92. The fourth-order valence-corrected chi connectivity index (χ4v) is 2.70. The minimum Gasteiger partial charge on any atom is -0.484 e. The molecule has 1 heterocycles. The highest BCUT2D eigenvalue weighted by Gasteiger charge is 2.28. The molecule has 0 aromatic heterocycles. The zero-order valence-corrected chi connectivity index (χ0v) is 13.7. The zero-order chi connectivity index (χ0) is 17.3. The van der Waals surface area contributed by atoms with Gasteiger partial charge in [-0.05, 0) is 30.3 Å². The van der Waals surface area contributed by atoms with Crippen molar-refractivity contribution < 1.29 is 19.1 Å². The quantitative estimate of drug-likeness (QED) is 0.843. The van der Waals surface area contributed by atoms with Gasteiger partial charge in [0.2, 0.25) is 5.78 Å². The first-order valence-electron chi connectivity index (χ1n) is 6.89. The van der Waals surface area contributed by atoms with Crippen LogP contribution < -0.4 is 15.2 Å². The number of Topliss-reactive ketones (excluding diaryl/α,β-unsaturated/α-hetero) is 1. The number of benzene rings is 2. The molecule has 0 radical (unpaired) electrons. The van der Waals surface area contributed by atoms with E-state index in [0.29, 0.717) is 32.7 Å². The molecule has 0 bridgehead atoms. The number of carbonyl (C=O) groups is 2. The van der Waals surface area contributed by atoms with Gasteiger partial charge in [-0.15, -0.1) is 0 Å². The third-order valence-corrected chi connectivity index (χ3v) is 3.96. The van der Waals surface area contributed by atoms with Gasteiger partial charge in [-0.25, -0.2) is 0 Å². The van der Waals surface area contributed by atoms with Crippen molar-refractivity contribution in [3.8, 4) is 11.5 Å². The van der Waals surface area contributed by atoms with Gasteiger partial charge in [0.1, 0.15) is 11.5 Å². The van der Waals surface area contributed by atoms with E-state index in [9.17, 15) is 9.59 Å². The van der Waals surface area contributed by atoms with Crippen molar-refractivity contribution in [3.63, 3.8) is 0 Å². The normalized spacial score (nSPS) is 14.4. The van der Waals surface area contributed by atoms with Crippen molar-refractivity contribution in [2.45, 2.75) is 0 Å². The second-order valence-electron chi connectivity index (χ2n) is 4.99. The van der Waals surface area contributed by atoms with E-state index in [0.717, 1.165) is 0 Å². The van der Waals surface area contributed by atoms with E-state index < -0.39 is 5.91 Å². The maximum Gasteiger partial charge on any atom is 0.255 e. The Morgan fingerprint density at radius 2 is 1.92 bits per heavy atom. The molecule has 122 valence electrons. The monoisotopic (exact) mass is 363 g/mol. The summed E-state index contributed by atoms with van der Waals surface area (Å²) < 4.78 is 10.8. The smallest absolute Gasteiger partial charge is 0.255 e. The summed E-state index contributed by atoms with van der Waals surface area (Å²) in [4.78, 5) is 23.2. The van der Waals surface area contributed by atoms with E-state index in [1.54, 1.807) is 30.3 Å². The van der Waals surface area contributed by atoms with Crippen LogP contribution in [0.15, 0.2) is 42.2 Å². The third-order valence-electron chi connectivity index (χ3n) is 3.30. The fourth-order valence-electron chi connectivity index (χ4n) is 2.19. The lowest BCUT2D eigenvalue weighted by Crippen LogP contribution is -2.19. The maximum atomic E-state index is 12.4. The zero-order valence-electron chi connectivity index (χ0n) is 12.2. The summed E-state index contributed by atoms with van der Waals surface area (Å²) in [5, 5.41) is 0.820. The molecule has 0 aliphatic carbocycles. The van der Waals surface area contributed by atoms with Gasteiger partial charge in [0.05, 0.1) is 5.56 Å². The highest BCUT2D eigenvalue weighted by molar-refractivity contribution is 6.37. The number of amides is 1. The largest absolute Gasteiger partial charge is 0.484 e. The Morgan fingerprint density at radius 1 is 1.21 bits per heavy atom. The first-order chi connectivity index (χ1) is 11.5. The first kappa shape index (κ1) is 16.4. The van der Waals surface area contributed by atoms with Crippen molar-refractivity contribution >= 4 is 41.0 Å². The minimum atomic E-state index is -0.596. The van der Waals surface area contributed by atoms with E-state index >= 15 is 0 Å². The molecule has 7 heteroatoms. The standard InChI is InChI=1S/C17H11Cl2NO4/c18-12-2-1-3-13(19)11(12)7-15-17(22)10-5-4-9(6-14(10)24-15)23-8-16(20)21/h1-7H,8H2,(H2,20,21). The van der Waals surface area contributed by atoms with Crippen molar-refractivity contribution in [3.05, 3.63) is 63.3 Å². The van der Waals surface area contributed by atoms with Crippen LogP contribution in [-0.4, -0.2) is 18.3 Å². The van der Waals surface area contributed by atoms with Crippen LogP contribution in [0.4, 0.5) is 0 Å². The highest BCUT2D eigenvalue weighted by Crippen LogP contribution is 2.36. The molecule has 24 heavy (non-hydrogen) atoms. The number of hydrogen-bond acceptors (Lipinski definition) is 4. The first-order valence-corrected chi connectivity index (χ1v) is 7.64. The Labute approximate surface area is 147 Å². The Hall–Kier alpha value is -2.50. The molecule has 0 fully saturated rings. The highest BCUT2D eigenvalue weighted by atomic mass is 35.5. The van der Waals surface area contributed by atoms with Crippen LogP contribution in [0, 0.1) is 0 Å². The minimum absolute atomic E-state index is 0.104. The summed E-state index contributed by atoms with van der Waals surface area (Å²) in [6.45, 7) is -0.259. The SMILES string of the molecule is NC(=O)COc1ccc2c(c1)OC(=Cc1c(Cl)cccc1Cl)C2=O. The van der Waals surface area contributed by atoms with Gasteiger partial charge in [-0.2, -0.15) is 0 Å². The van der Waals surface area contributed by atoms with Crippen LogP contribution in [0.1, 0.15) is 15.9 Å². The number of rotatable bonds is 4. The van der Waals surface area contributed by atoms with Gasteiger partial charge in [-0.3, -0.25) is 9.59 Å². The number of fused-ring (bicyclic) bond motifs is 1. The Kier molecular flexibility index (Phi) is 4.46. The van der Waals surface area contributed by atoms with Crippen LogP contribution in [-0.2, 0) is 4.79 Å². The molecule has 0 saturated heterocycles. The predicted molar refractivity (Wildman–Crippen MR) is 90.5 cm³/mol. The van der Waals surface area contributed by atoms with E-state index in [1.165, 1.54) is 12.1 Å². The number of primary amides is 1. The van der Waals surface area contributed by atoms with Gasteiger partial charge >= 0.3 is 0 Å². The summed E-state index contributed by atoms with van der Waals surface area (Å²) >= 11 is 12.2. The molecule has 1 aliphatic heterocycles. The lowest BCUT2D eigenvalue weighted by molar-refractivity contribution is -0.119. The molecule has 0 spiro atoms. The number of carbonyl (C=O) groups excluding carboxylic acids is 2.